The Morgan fingerprint density at radius 3 is 2.32 bits per heavy atom. The van der Waals surface area contributed by atoms with Gasteiger partial charge in [0.1, 0.15) is 0 Å². The third-order valence-corrected chi connectivity index (χ3v) is 3.73. The zero-order chi connectivity index (χ0) is 14.5. The van der Waals surface area contributed by atoms with Crippen LogP contribution in [0.4, 0.5) is 0 Å². The van der Waals surface area contributed by atoms with Crippen molar-refractivity contribution in [2.45, 2.75) is 38.6 Å². The molecule has 0 spiro atoms. The van der Waals surface area contributed by atoms with Crippen LogP contribution in [0.25, 0.3) is 0 Å². The van der Waals surface area contributed by atoms with Crippen molar-refractivity contribution in [2.24, 2.45) is 5.92 Å². The summed E-state index contributed by atoms with van der Waals surface area (Å²) >= 11 is 0. The number of aliphatic hydroxyl groups excluding tert-OH is 1. The first-order valence-corrected chi connectivity index (χ1v) is 7.35. The molecule has 5 nitrogen and oxygen atoms in total. The molecule has 1 rings (SSSR count). The number of aliphatic hydroxyl groups is 1. The van der Waals surface area contributed by atoms with Gasteiger partial charge >= 0.3 is 0 Å². The maximum atomic E-state index is 10.1. The van der Waals surface area contributed by atoms with Crippen molar-refractivity contribution in [1.29, 1.82) is 0 Å². The van der Waals surface area contributed by atoms with E-state index in [1.165, 1.54) is 0 Å². The maximum Gasteiger partial charge on any atom is 0.160 e. The second kappa shape index (κ2) is 7.55. The molecule has 0 saturated carbocycles. The number of nitrogens with zero attached hydrogens (tertiary/aromatic N) is 2. The van der Waals surface area contributed by atoms with Gasteiger partial charge < -0.3 is 14.9 Å². The minimum atomic E-state index is -0.620. The Hall–Kier alpha value is -0.200. The molecule has 1 unspecified atom stereocenters. The van der Waals surface area contributed by atoms with Crippen LogP contribution in [0, 0.1) is 5.92 Å². The van der Waals surface area contributed by atoms with Crippen molar-refractivity contribution < 1.29 is 5.11 Å². The molecule has 1 fully saturated rings. The average molecular weight is 272 g/mol. The Kier molecular flexibility index (Phi) is 6.69. The summed E-state index contributed by atoms with van der Waals surface area (Å²) in [4.78, 5) is 4.55. The lowest BCUT2D eigenvalue weighted by molar-refractivity contribution is 0.0238. The quantitative estimate of drug-likeness (QED) is 0.575. The lowest BCUT2D eigenvalue weighted by Crippen LogP contribution is -2.63. The van der Waals surface area contributed by atoms with Gasteiger partial charge in [0.2, 0.25) is 0 Å². The molecular formula is C14H32N4O. The van der Waals surface area contributed by atoms with Gasteiger partial charge in [-0.05, 0) is 53.0 Å². The monoisotopic (exact) mass is 272 g/mol. The standard InChI is InChI=1S/C14H32N4O/c1-12(2)10-15-13(19)16-14(11-17(3)4)6-8-18(5)9-7-14/h12-13,15-16,19H,6-11H2,1-5H3. The summed E-state index contributed by atoms with van der Waals surface area (Å²) in [5.41, 5.74) is 0.0133. The zero-order valence-electron chi connectivity index (χ0n) is 13.2. The van der Waals surface area contributed by atoms with E-state index >= 15 is 0 Å². The second-order valence-corrected chi connectivity index (χ2v) is 6.67. The van der Waals surface area contributed by atoms with E-state index in [0.29, 0.717) is 5.92 Å². The van der Waals surface area contributed by atoms with Crippen LogP contribution < -0.4 is 10.6 Å². The van der Waals surface area contributed by atoms with E-state index in [4.69, 9.17) is 0 Å². The maximum absolute atomic E-state index is 10.1. The van der Waals surface area contributed by atoms with Crippen LogP contribution in [0.15, 0.2) is 0 Å². The van der Waals surface area contributed by atoms with Crippen LogP contribution in [0.3, 0.4) is 0 Å². The predicted molar refractivity (Wildman–Crippen MR) is 80.0 cm³/mol. The molecule has 19 heavy (non-hydrogen) atoms. The predicted octanol–water partition coefficient (Wildman–Crippen LogP) is 0.124. The van der Waals surface area contributed by atoms with E-state index in [-0.39, 0.29) is 5.54 Å². The second-order valence-electron chi connectivity index (χ2n) is 6.67. The zero-order valence-corrected chi connectivity index (χ0v) is 13.2. The molecule has 1 aliphatic heterocycles. The van der Waals surface area contributed by atoms with Crippen LogP contribution >= 0.6 is 0 Å². The topological polar surface area (TPSA) is 50.8 Å². The minimum Gasteiger partial charge on any atom is -0.365 e. The van der Waals surface area contributed by atoms with Crippen molar-refractivity contribution in [3.63, 3.8) is 0 Å². The van der Waals surface area contributed by atoms with Crippen LogP contribution in [0.2, 0.25) is 0 Å². The van der Waals surface area contributed by atoms with Crippen molar-refractivity contribution >= 4 is 0 Å². The van der Waals surface area contributed by atoms with Crippen LogP contribution in [0.5, 0.6) is 0 Å². The van der Waals surface area contributed by atoms with E-state index in [0.717, 1.165) is 39.0 Å². The van der Waals surface area contributed by atoms with Gasteiger partial charge in [-0.3, -0.25) is 10.6 Å². The first-order valence-electron chi connectivity index (χ1n) is 7.35. The van der Waals surface area contributed by atoms with Crippen molar-refractivity contribution in [3.8, 4) is 0 Å². The lowest BCUT2D eigenvalue weighted by atomic mass is 9.87. The van der Waals surface area contributed by atoms with E-state index in [1.807, 2.05) is 0 Å². The van der Waals surface area contributed by atoms with Crippen molar-refractivity contribution in [2.75, 3.05) is 47.3 Å². The summed E-state index contributed by atoms with van der Waals surface area (Å²) in [5, 5.41) is 16.7. The Morgan fingerprint density at radius 1 is 1.26 bits per heavy atom. The fraction of sp³-hybridized carbons (Fsp3) is 1.00. The fourth-order valence-corrected chi connectivity index (χ4v) is 2.69. The van der Waals surface area contributed by atoms with Crippen LogP contribution in [0.1, 0.15) is 26.7 Å². The molecule has 5 heteroatoms. The smallest absolute Gasteiger partial charge is 0.160 e. The summed E-state index contributed by atoms with van der Waals surface area (Å²) in [5.74, 6) is 0.540. The molecule has 1 aliphatic rings. The number of hydrogen-bond donors (Lipinski definition) is 3. The molecule has 1 saturated heterocycles. The molecule has 0 bridgehead atoms. The number of piperidine rings is 1. The molecule has 0 radical (unpaired) electrons. The molecule has 114 valence electrons. The van der Waals surface area contributed by atoms with Gasteiger partial charge in [0.05, 0.1) is 0 Å². The lowest BCUT2D eigenvalue weighted by Gasteiger charge is -2.44. The molecule has 0 amide bonds. The SMILES string of the molecule is CC(C)CNC(O)NC1(CN(C)C)CCN(C)CC1. The summed E-state index contributed by atoms with van der Waals surface area (Å²) in [6, 6.07) is 0. The molecule has 0 aromatic heterocycles. The molecule has 1 atom stereocenters. The summed E-state index contributed by atoms with van der Waals surface area (Å²) in [7, 11) is 6.35. The summed E-state index contributed by atoms with van der Waals surface area (Å²) < 4.78 is 0. The van der Waals surface area contributed by atoms with Gasteiger partial charge in [-0.1, -0.05) is 13.8 Å². The molecule has 0 aliphatic carbocycles. The molecule has 0 aromatic carbocycles. The van der Waals surface area contributed by atoms with Gasteiger partial charge in [-0.15, -0.1) is 0 Å². The largest absolute Gasteiger partial charge is 0.365 e. The Bertz CT molecular complexity index is 250. The molecule has 0 aromatic rings. The number of hydrogen-bond acceptors (Lipinski definition) is 5. The fourth-order valence-electron chi connectivity index (χ4n) is 2.69. The van der Waals surface area contributed by atoms with E-state index in [1.54, 1.807) is 0 Å². The number of likely N-dealkylation sites (N-methyl/N-ethyl adjacent to an activating group) is 1. The summed E-state index contributed by atoms with van der Waals surface area (Å²) in [6.07, 6.45) is 1.52. The highest BCUT2D eigenvalue weighted by Crippen LogP contribution is 2.22. The van der Waals surface area contributed by atoms with Crippen LogP contribution in [-0.2, 0) is 0 Å². The van der Waals surface area contributed by atoms with E-state index < -0.39 is 6.35 Å². The highest BCUT2D eigenvalue weighted by atomic mass is 16.3. The van der Waals surface area contributed by atoms with Crippen molar-refractivity contribution in [3.05, 3.63) is 0 Å². The highest BCUT2D eigenvalue weighted by molar-refractivity contribution is 4.95. The van der Waals surface area contributed by atoms with E-state index in [9.17, 15) is 5.11 Å². The van der Waals surface area contributed by atoms with Crippen LogP contribution in [-0.4, -0.2) is 74.1 Å². The Morgan fingerprint density at radius 2 is 1.84 bits per heavy atom. The van der Waals surface area contributed by atoms with Gasteiger partial charge in [0.15, 0.2) is 6.35 Å². The third-order valence-electron chi connectivity index (χ3n) is 3.73. The molecule has 3 N–H and O–H groups in total. The number of nitrogens with one attached hydrogen (secondary N) is 2. The van der Waals surface area contributed by atoms with Gasteiger partial charge in [0, 0.05) is 18.6 Å². The summed E-state index contributed by atoms with van der Waals surface area (Å²) in [6.45, 7) is 8.23. The molecule has 1 heterocycles. The van der Waals surface area contributed by atoms with Gasteiger partial charge in [-0.25, -0.2) is 0 Å². The van der Waals surface area contributed by atoms with Crippen molar-refractivity contribution in [1.82, 2.24) is 20.4 Å². The highest BCUT2D eigenvalue weighted by Gasteiger charge is 2.35. The number of likely N-dealkylation sites (tertiary alicyclic amines) is 1. The first-order chi connectivity index (χ1) is 8.83. The Labute approximate surface area is 118 Å². The normalized spacial score (nSPS) is 22.1. The van der Waals surface area contributed by atoms with Gasteiger partial charge in [-0.2, -0.15) is 0 Å². The van der Waals surface area contributed by atoms with E-state index in [2.05, 4.69) is 55.4 Å². The molecular weight excluding hydrogens is 240 g/mol. The average Bonchev–Trinajstić information content (AvgIpc) is 2.30. The minimum absolute atomic E-state index is 0.0133. The first kappa shape index (κ1) is 16.9. The Balaban J connectivity index is 2.54. The third kappa shape index (κ3) is 6.19. The number of rotatable bonds is 7. The van der Waals surface area contributed by atoms with Gasteiger partial charge in [0.25, 0.3) is 0 Å².